The number of nitrogens with one attached hydrogen (secondary N) is 1. The van der Waals surface area contributed by atoms with Crippen LogP contribution in [0.1, 0.15) is 63.5 Å². The molecule has 0 aliphatic heterocycles. The first kappa shape index (κ1) is 11.8. The molecule has 0 spiro atoms. The van der Waals surface area contributed by atoms with Crippen molar-refractivity contribution in [2.24, 2.45) is 0 Å². The maximum Gasteiger partial charge on any atom is 0.0457 e. The van der Waals surface area contributed by atoms with Gasteiger partial charge in [0.25, 0.3) is 0 Å². The molecule has 1 saturated carbocycles. The van der Waals surface area contributed by atoms with Gasteiger partial charge in [0.15, 0.2) is 0 Å². The minimum atomic E-state index is 0.235. The Hall–Kier alpha value is -1.24. The Morgan fingerprint density at radius 2 is 1.83 bits per heavy atom. The quantitative estimate of drug-likeness (QED) is 0.713. The molecule has 0 radical (unpaired) electrons. The van der Waals surface area contributed by atoms with Gasteiger partial charge in [-0.2, -0.15) is 0 Å². The van der Waals surface area contributed by atoms with Crippen LogP contribution in [0, 0.1) is 0 Å². The van der Waals surface area contributed by atoms with Gasteiger partial charge in [-0.1, -0.05) is 39.7 Å². The summed E-state index contributed by atoms with van der Waals surface area (Å²) in [5.41, 5.74) is 4.52. The Labute approximate surface area is 110 Å². The van der Waals surface area contributed by atoms with Gasteiger partial charge >= 0.3 is 0 Å². The Bertz CT molecular complexity index is 550. The summed E-state index contributed by atoms with van der Waals surface area (Å²) in [5.74, 6) is 0.786. The zero-order valence-electron chi connectivity index (χ0n) is 11.7. The average Bonchev–Trinajstić information content (AvgIpc) is 2.95. The van der Waals surface area contributed by atoms with E-state index in [-0.39, 0.29) is 5.41 Å². The molecule has 0 bridgehead atoms. The molecule has 0 unspecified atom stereocenters. The van der Waals surface area contributed by atoms with Crippen LogP contribution in [0.15, 0.2) is 24.4 Å². The Balaban J connectivity index is 2.10. The van der Waals surface area contributed by atoms with E-state index in [1.807, 2.05) is 0 Å². The second kappa shape index (κ2) is 4.15. The molecule has 0 amide bonds. The summed E-state index contributed by atoms with van der Waals surface area (Å²) in [6.07, 6.45) is 7.78. The molecule has 3 rings (SSSR count). The van der Waals surface area contributed by atoms with Gasteiger partial charge in [0.2, 0.25) is 0 Å². The van der Waals surface area contributed by atoms with E-state index in [2.05, 4.69) is 50.2 Å². The first-order valence-corrected chi connectivity index (χ1v) is 7.17. The molecule has 1 aliphatic carbocycles. The Morgan fingerprint density at radius 3 is 2.50 bits per heavy atom. The minimum Gasteiger partial charge on any atom is -0.361 e. The van der Waals surface area contributed by atoms with Gasteiger partial charge in [-0.3, -0.25) is 0 Å². The average molecular weight is 241 g/mol. The van der Waals surface area contributed by atoms with Crippen LogP contribution in [0.3, 0.4) is 0 Å². The molecule has 18 heavy (non-hydrogen) atoms. The highest BCUT2D eigenvalue weighted by Gasteiger charge is 2.21. The van der Waals surface area contributed by atoms with E-state index in [0.29, 0.717) is 0 Å². The lowest BCUT2D eigenvalue weighted by Crippen LogP contribution is -2.10. The molecule has 1 aromatic heterocycles. The summed E-state index contributed by atoms with van der Waals surface area (Å²) in [6.45, 7) is 6.86. The van der Waals surface area contributed by atoms with Crippen LogP contribution in [0.2, 0.25) is 0 Å². The predicted molar refractivity (Wildman–Crippen MR) is 78.2 cm³/mol. The summed E-state index contributed by atoms with van der Waals surface area (Å²) in [5, 5.41) is 1.45. The fourth-order valence-electron chi connectivity index (χ4n) is 3.18. The summed E-state index contributed by atoms with van der Waals surface area (Å²) >= 11 is 0. The molecule has 0 saturated heterocycles. The van der Waals surface area contributed by atoms with Gasteiger partial charge in [-0.05, 0) is 47.4 Å². The van der Waals surface area contributed by atoms with Crippen LogP contribution in [0.25, 0.3) is 10.9 Å². The summed E-state index contributed by atoms with van der Waals surface area (Å²) in [7, 11) is 0. The standard InChI is InChI=1S/C17H23N/c1-17(2,3)13-8-9-16-14(10-13)15(11-18-16)12-6-4-5-7-12/h8-12,18H,4-7H2,1-3H3. The number of H-pyrrole nitrogens is 1. The molecular formula is C17H23N. The highest BCUT2D eigenvalue weighted by Crippen LogP contribution is 2.38. The summed E-state index contributed by atoms with van der Waals surface area (Å²) < 4.78 is 0. The third-order valence-corrected chi connectivity index (χ3v) is 4.37. The van der Waals surface area contributed by atoms with Crippen molar-refractivity contribution in [1.29, 1.82) is 0 Å². The summed E-state index contributed by atoms with van der Waals surface area (Å²) in [4.78, 5) is 3.44. The monoisotopic (exact) mass is 241 g/mol. The van der Waals surface area contributed by atoms with Gasteiger partial charge in [-0.15, -0.1) is 0 Å². The van der Waals surface area contributed by atoms with Gasteiger partial charge in [0, 0.05) is 17.1 Å². The number of benzene rings is 1. The number of hydrogen-bond donors (Lipinski definition) is 1. The zero-order valence-corrected chi connectivity index (χ0v) is 11.7. The molecule has 1 nitrogen and oxygen atoms in total. The Morgan fingerprint density at radius 1 is 1.11 bits per heavy atom. The molecule has 1 fully saturated rings. The summed E-state index contributed by atoms with van der Waals surface area (Å²) in [6, 6.07) is 6.91. The second-order valence-electron chi connectivity index (χ2n) is 6.74. The predicted octanol–water partition coefficient (Wildman–Crippen LogP) is 5.12. The number of aromatic amines is 1. The first-order chi connectivity index (χ1) is 8.55. The van der Waals surface area contributed by atoms with Crippen molar-refractivity contribution in [2.45, 2.75) is 57.8 Å². The molecule has 1 heteroatoms. The van der Waals surface area contributed by atoms with Crippen molar-refractivity contribution in [3.63, 3.8) is 0 Å². The molecule has 1 aromatic carbocycles. The maximum atomic E-state index is 3.44. The van der Waals surface area contributed by atoms with Crippen LogP contribution >= 0.6 is 0 Å². The smallest absolute Gasteiger partial charge is 0.0457 e. The normalized spacial score (nSPS) is 17.7. The molecular weight excluding hydrogens is 218 g/mol. The van der Waals surface area contributed by atoms with E-state index in [0.717, 1.165) is 5.92 Å². The lowest BCUT2D eigenvalue weighted by atomic mass is 9.85. The SMILES string of the molecule is CC(C)(C)c1ccc2[nH]cc(C3CCCC3)c2c1. The van der Waals surface area contributed by atoms with Gasteiger partial charge in [0.05, 0.1) is 0 Å². The van der Waals surface area contributed by atoms with Gasteiger partial charge in [0.1, 0.15) is 0 Å². The van der Waals surface area contributed by atoms with Crippen LogP contribution in [0.5, 0.6) is 0 Å². The number of hydrogen-bond acceptors (Lipinski definition) is 0. The molecule has 96 valence electrons. The molecule has 2 aromatic rings. The van der Waals surface area contributed by atoms with Crippen molar-refractivity contribution in [3.05, 3.63) is 35.5 Å². The van der Waals surface area contributed by atoms with Crippen molar-refractivity contribution < 1.29 is 0 Å². The van der Waals surface area contributed by atoms with E-state index in [1.165, 1.54) is 42.1 Å². The lowest BCUT2D eigenvalue weighted by Gasteiger charge is -2.19. The van der Waals surface area contributed by atoms with E-state index in [1.54, 1.807) is 5.56 Å². The topological polar surface area (TPSA) is 15.8 Å². The van der Waals surface area contributed by atoms with Crippen molar-refractivity contribution in [3.8, 4) is 0 Å². The fraction of sp³-hybridized carbons (Fsp3) is 0.529. The number of rotatable bonds is 1. The third-order valence-electron chi connectivity index (χ3n) is 4.37. The molecule has 1 aliphatic rings. The van der Waals surface area contributed by atoms with Crippen LogP contribution in [-0.2, 0) is 5.41 Å². The molecule has 1 heterocycles. The third kappa shape index (κ3) is 1.96. The van der Waals surface area contributed by atoms with Crippen molar-refractivity contribution >= 4 is 10.9 Å². The highest BCUT2D eigenvalue weighted by molar-refractivity contribution is 5.84. The number of fused-ring (bicyclic) bond motifs is 1. The van der Waals surface area contributed by atoms with Gasteiger partial charge in [-0.25, -0.2) is 0 Å². The second-order valence-corrected chi connectivity index (χ2v) is 6.74. The molecule has 1 N–H and O–H groups in total. The highest BCUT2D eigenvalue weighted by atomic mass is 14.7. The van der Waals surface area contributed by atoms with Crippen molar-refractivity contribution in [1.82, 2.24) is 4.98 Å². The van der Waals surface area contributed by atoms with E-state index in [9.17, 15) is 0 Å². The maximum absolute atomic E-state index is 3.44. The van der Waals surface area contributed by atoms with Crippen LogP contribution in [-0.4, -0.2) is 4.98 Å². The number of aromatic nitrogens is 1. The molecule has 0 atom stereocenters. The van der Waals surface area contributed by atoms with Crippen molar-refractivity contribution in [2.75, 3.05) is 0 Å². The van der Waals surface area contributed by atoms with E-state index < -0.39 is 0 Å². The van der Waals surface area contributed by atoms with Crippen LogP contribution in [0.4, 0.5) is 0 Å². The Kier molecular flexibility index (Phi) is 2.73. The fourth-order valence-corrected chi connectivity index (χ4v) is 3.18. The largest absolute Gasteiger partial charge is 0.361 e. The van der Waals surface area contributed by atoms with Crippen LogP contribution < -0.4 is 0 Å². The van der Waals surface area contributed by atoms with E-state index >= 15 is 0 Å². The zero-order chi connectivity index (χ0) is 12.8. The van der Waals surface area contributed by atoms with E-state index in [4.69, 9.17) is 0 Å². The van der Waals surface area contributed by atoms with Gasteiger partial charge < -0.3 is 4.98 Å². The first-order valence-electron chi connectivity index (χ1n) is 7.17. The lowest BCUT2D eigenvalue weighted by molar-refractivity contribution is 0.591. The minimum absolute atomic E-state index is 0.235.